The van der Waals surface area contributed by atoms with Crippen LogP contribution in [-0.4, -0.2) is 10.9 Å². The summed E-state index contributed by atoms with van der Waals surface area (Å²) >= 11 is 0. The van der Waals surface area contributed by atoms with E-state index in [2.05, 4.69) is 0 Å². The van der Waals surface area contributed by atoms with Crippen LogP contribution in [0.1, 0.15) is 32.8 Å². The summed E-state index contributed by atoms with van der Waals surface area (Å²) < 4.78 is 5.93. The molecule has 0 spiro atoms. The molecule has 0 aliphatic rings. The van der Waals surface area contributed by atoms with E-state index in [0.717, 1.165) is 16.7 Å². The number of aryl methyl sites for hydroxylation is 1. The number of hydrogen-bond acceptors (Lipinski definition) is 4. The molecule has 0 saturated carbocycles. The van der Waals surface area contributed by atoms with E-state index in [1.165, 1.54) is 12.1 Å². The molecule has 0 aliphatic heterocycles. The summed E-state index contributed by atoms with van der Waals surface area (Å²) in [5.74, 6) is -0.551. The van der Waals surface area contributed by atoms with Gasteiger partial charge in [0.15, 0.2) is 5.78 Å². The summed E-state index contributed by atoms with van der Waals surface area (Å²) in [6, 6.07) is 22.0. The minimum Gasteiger partial charge on any atom is -0.507 e. The van der Waals surface area contributed by atoms with Crippen molar-refractivity contribution < 1.29 is 14.3 Å². The Bertz CT molecular complexity index is 1360. The maximum Gasteiger partial charge on any atom is 0.208 e. The molecule has 4 rings (SSSR count). The first-order valence-corrected chi connectivity index (χ1v) is 9.84. The van der Waals surface area contributed by atoms with Gasteiger partial charge in [0.05, 0.1) is 0 Å². The van der Waals surface area contributed by atoms with Crippen LogP contribution in [-0.2, 0) is 0 Å². The summed E-state index contributed by atoms with van der Waals surface area (Å²) in [4.78, 5) is 26.3. The van der Waals surface area contributed by atoms with E-state index >= 15 is 0 Å². The SMILES string of the molecule is Cc1cc(O)c2c(=O)c(C(=O)/C=C/c3ccccc3)c(/C=C/c3ccccc3)oc2c1. The normalized spacial score (nSPS) is 11.5. The van der Waals surface area contributed by atoms with Crippen molar-refractivity contribution in [1.29, 1.82) is 0 Å². The lowest BCUT2D eigenvalue weighted by Crippen LogP contribution is -2.16. The molecule has 4 nitrogen and oxygen atoms in total. The second-order valence-corrected chi connectivity index (χ2v) is 7.18. The van der Waals surface area contributed by atoms with Gasteiger partial charge in [0.1, 0.15) is 28.0 Å². The predicted molar refractivity (Wildman–Crippen MR) is 124 cm³/mol. The first-order valence-electron chi connectivity index (χ1n) is 9.84. The highest BCUT2D eigenvalue weighted by Gasteiger charge is 2.20. The Morgan fingerprint density at radius 1 is 0.871 bits per heavy atom. The molecule has 1 heterocycles. The minimum atomic E-state index is -0.561. The predicted octanol–water partition coefficient (Wildman–Crippen LogP) is 5.87. The van der Waals surface area contributed by atoms with E-state index in [4.69, 9.17) is 4.42 Å². The van der Waals surface area contributed by atoms with Gasteiger partial charge in [-0.3, -0.25) is 9.59 Å². The van der Waals surface area contributed by atoms with Gasteiger partial charge in [-0.25, -0.2) is 0 Å². The molecule has 0 aliphatic carbocycles. The number of allylic oxidation sites excluding steroid dienone is 1. The van der Waals surface area contributed by atoms with Crippen LogP contribution in [0.25, 0.3) is 29.2 Å². The summed E-state index contributed by atoms with van der Waals surface area (Å²) in [7, 11) is 0. The fourth-order valence-electron chi connectivity index (χ4n) is 3.36. The van der Waals surface area contributed by atoms with Crippen molar-refractivity contribution in [1.82, 2.24) is 0 Å². The van der Waals surface area contributed by atoms with Crippen molar-refractivity contribution in [3.05, 3.63) is 117 Å². The van der Waals surface area contributed by atoms with Crippen LogP contribution in [0.4, 0.5) is 0 Å². The van der Waals surface area contributed by atoms with Crippen molar-refractivity contribution in [2.75, 3.05) is 0 Å². The lowest BCUT2D eigenvalue weighted by Gasteiger charge is -2.07. The van der Waals surface area contributed by atoms with Crippen molar-refractivity contribution in [2.24, 2.45) is 0 Å². The molecule has 1 N–H and O–H groups in total. The molecule has 4 aromatic rings. The maximum absolute atomic E-state index is 13.2. The minimum absolute atomic E-state index is 0.000998. The lowest BCUT2D eigenvalue weighted by molar-refractivity contribution is 0.104. The number of carbonyl (C=O) groups is 1. The molecule has 0 bridgehead atoms. The molecule has 0 amide bonds. The van der Waals surface area contributed by atoms with Gasteiger partial charge in [0, 0.05) is 0 Å². The largest absolute Gasteiger partial charge is 0.507 e. The van der Waals surface area contributed by atoms with Gasteiger partial charge >= 0.3 is 0 Å². The van der Waals surface area contributed by atoms with Crippen LogP contribution < -0.4 is 5.43 Å². The zero-order valence-electron chi connectivity index (χ0n) is 16.9. The zero-order chi connectivity index (χ0) is 21.8. The third kappa shape index (κ3) is 4.38. The molecule has 0 atom stereocenters. The van der Waals surface area contributed by atoms with Gasteiger partial charge in [-0.15, -0.1) is 0 Å². The Morgan fingerprint density at radius 3 is 2.13 bits per heavy atom. The topological polar surface area (TPSA) is 67.5 Å². The van der Waals surface area contributed by atoms with Gasteiger partial charge in [-0.05, 0) is 47.9 Å². The first-order chi connectivity index (χ1) is 15.0. The molecule has 0 unspecified atom stereocenters. The van der Waals surface area contributed by atoms with E-state index < -0.39 is 11.2 Å². The number of phenolic OH excluding ortho intramolecular Hbond substituents is 1. The molecule has 152 valence electrons. The van der Waals surface area contributed by atoms with Crippen LogP contribution in [0.15, 0.2) is 88.1 Å². The Hall–Kier alpha value is -4.18. The molecular formula is C27H20O4. The van der Waals surface area contributed by atoms with Crippen LogP contribution in [0.2, 0.25) is 0 Å². The molecule has 1 aromatic heterocycles. The van der Waals surface area contributed by atoms with Gasteiger partial charge in [-0.1, -0.05) is 72.8 Å². The Balaban J connectivity index is 1.87. The quantitative estimate of drug-likeness (QED) is 0.331. The average Bonchev–Trinajstić information content (AvgIpc) is 2.77. The highest BCUT2D eigenvalue weighted by atomic mass is 16.3. The monoisotopic (exact) mass is 408 g/mol. The van der Waals surface area contributed by atoms with Gasteiger partial charge in [-0.2, -0.15) is 0 Å². The highest BCUT2D eigenvalue weighted by molar-refractivity contribution is 6.10. The number of rotatable bonds is 5. The van der Waals surface area contributed by atoms with E-state index in [-0.39, 0.29) is 28.0 Å². The summed E-state index contributed by atoms with van der Waals surface area (Å²) in [5.41, 5.74) is 2.03. The second-order valence-electron chi connectivity index (χ2n) is 7.18. The first kappa shape index (κ1) is 20.1. The summed E-state index contributed by atoms with van der Waals surface area (Å²) in [5, 5.41) is 10.3. The Morgan fingerprint density at radius 2 is 1.48 bits per heavy atom. The molecule has 4 heteroatoms. The number of aromatic hydroxyl groups is 1. The molecule has 0 radical (unpaired) electrons. The van der Waals surface area contributed by atoms with Crippen molar-refractivity contribution >= 4 is 35.0 Å². The smallest absolute Gasteiger partial charge is 0.208 e. The number of phenols is 1. The van der Waals surface area contributed by atoms with Gasteiger partial charge in [0.25, 0.3) is 0 Å². The number of fused-ring (bicyclic) bond motifs is 1. The Kier molecular flexibility index (Phi) is 5.63. The molecule has 3 aromatic carbocycles. The third-order valence-electron chi connectivity index (χ3n) is 4.85. The van der Waals surface area contributed by atoms with Crippen LogP contribution in [0.5, 0.6) is 5.75 Å². The van der Waals surface area contributed by atoms with Crippen molar-refractivity contribution in [3.63, 3.8) is 0 Å². The van der Waals surface area contributed by atoms with E-state index in [0.29, 0.717) is 0 Å². The van der Waals surface area contributed by atoms with E-state index in [1.54, 1.807) is 31.2 Å². The number of benzene rings is 3. The van der Waals surface area contributed by atoms with Crippen molar-refractivity contribution in [2.45, 2.75) is 6.92 Å². The molecule has 0 saturated heterocycles. The molecular weight excluding hydrogens is 388 g/mol. The van der Waals surface area contributed by atoms with Gasteiger partial charge < -0.3 is 9.52 Å². The Labute approximate surface area is 179 Å². The van der Waals surface area contributed by atoms with E-state index in [9.17, 15) is 14.7 Å². The lowest BCUT2D eigenvalue weighted by atomic mass is 10.0. The second kappa shape index (κ2) is 8.67. The highest BCUT2D eigenvalue weighted by Crippen LogP contribution is 2.27. The van der Waals surface area contributed by atoms with Gasteiger partial charge in [0.2, 0.25) is 5.43 Å². The zero-order valence-corrected chi connectivity index (χ0v) is 16.9. The summed E-state index contributed by atoms with van der Waals surface area (Å²) in [6.45, 7) is 1.79. The third-order valence-corrected chi connectivity index (χ3v) is 4.85. The fraction of sp³-hybridized carbons (Fsp3) is 0.0370. The fourth-order valence-corrected chi connectivity index (χ4v) is 3.36. The van der Waals surface area contributed by atoms with Crippen LogP contribution in [0.3, 0.4) is 0 Å². The van der Waals surface area contributed by atoms with Crippen LogP contribution in [0, 0.1) is 6.92 Å². The number of ketones is 1. The summed E-state index contributed by atoms with van der Waals surface area (Å²) in [6.07, 6.45) is 6.38. The number of carbonyl (C=O) groups excluding carboxylic acids is 1. The standard InChI is InChI=1S/C27H20O4/c1-18-16-22(29)26-24(17-18)31-23(15-13-20-10-6-3-7-11-20)25(27(26)30)21(28)14-12-19-8-4-2-5-9-19/h2-17,29H,1H3/b14-12+,15-13+. The van der Waals surface area contributed by atoms with Crippen molar-refractivity contribution in [3.8, 4) is 5.75 Å². The van der Waals surface area contributed by atoms with E-state index in [1.807, 2.05) is 60.7 Å². The number of hydrogen-bond donors (Lipinski definition) is 1. The molecule has 31 heavy (non-hydrogen) atoms. The van der Waals surface area contributed by atoms with Crippen LogP contribution >= 0.6 is 0 Å². The maximum atomic E-state index is 13.2. The average molecular weight is 408 g/mol. The molecule has 0 fully saturated rings.